The quantitative estimate of drug-likeness (QED) is 0.492. The van der Waals surface area contributed by atoms with E-state index >= 15 is 0 Å². The predicted octanol–water partition coefficient (Wildman–Crippen LogP) is -0.308. The highest BCUT2D eigenvalue weighted by Gasteiger charge is 2.04. The molecule has 1 aliphatic rings. The first-order valence-electron chi connectivity index (χ1n) is 2.61. The summed E-state index contributed by atoms with van der Waals surface area (Å²) in [5.74, 6) is 6.06. The van der Waals surface area contributed by atoms with Gasteiger partial charge in [0.25, 0.3) is 0 Å². The van der Waals surface area contributed by atoms with Gasteiger partial charge >= 0.3 is 0 Å². The maximum absolute atomic E-state index is 5.42. The van der Waals surface area contributed by atoms with Crippen molar-refractivity contribution in [3.8, 4) is 0 Å². The zero-order chi connectivity index (χ0) is 6.69. The van der Waals surface area contributed by atoms with Crippen molar-refractivity contribution in [2.75, 3.05) is 13.8 Å². The molecular weight excluding hydrogens is 118 g/mol. The molecule has 0 aromatic heterocycles. The van der Waals surface area contributed by atoms with Crippen molar-refractivity contribution in [1.29, 1.82) is 0 Å². The Morgan fingerprint density at radius 1 is 1.89 bits per heavy atom. The average Bonchev–Trinajstić information content (AvgIpc) is 1.89. The molecule has 9 heavy (non-hydrogen) atoms. The molecule has 0 amide bonds. The molecule has 0 aromatic carbocycles. The van der Waals surface area contributed by atoms with Gasteiger partial charge in [-0.3, -0.25) is 10.0 Å². The molecule has 4 heteroatoms. The Kier molecular flexibility index (Phi) is 1.69. The molecule has 1 rings (SSSR count). The Bertz CT molecular complexity index is 152. The Balaban J connectivity index is 2.63. The van der Waals surface area contributed by atoms with Crippen LogP contribution < -0.4 is 5.84 Å². The fourth-order valence-corrected chi connectivity index (χ4v) is 0.602. The van der Waals surface area contributed by atoms with Gasteiger partial charge in [0.1, 0.15) is 6.67 Å². The number of nitrogens with zero attached hydrogens (tertiary/aromatic N) is 2. The lowest BCUT2D eigenvalue weighted by Gasteiger charge is -2.19. The summed E-state index contributed by atoms with van der Waals surface area (Å²) in [6.45, 7) is 0.472. The van der Waals surface area contributed by atoms with Crippen LogP contribution in [0, 0.1) is 0 Å². The van der Waals surface area contributed by atoms with Gasteiger partial charge in [0.2, 0.25) is 5.88 Å². The first-order valence-corrected chi connectivity index (χ1v) is 2.61. The van der Waals surface area contributed by atoms with Crippen molar-refractivity contribution >= 4 is 6.21 Å². The number of ether oxygens (including phenoxy) is 1. The van der Waals surface area contributed by atoms with E-state index in [1.54, 1.807) is 19.4 Å². The monoisotopic (exact) mass is 127 g/mol. The van der Waals surface area contributed by atoms with Crippen molar-refractivity contribution in [3.05, 3.63) is 12.0 Å². The van der Waals surface area contributed by atoms with E-state index in [-0.39, 0.29) is 0 Å². The number of methoxy groups -OCH3 is 1. The Morgan fingerprint density at radius 3 is 3.11 bits per heavy atom. The number of rotatable bonds is 1. The first kappa shape index (κ1) is 6.10. The van der Waals surface area contributed by atoms with E-state index < -0.39 is 0 Å². The average molecular weight is 127 g/mol. The summed E-state index contributed by atoms with van der Waals surface area (Å²) in [5.41, 5.74) is 0. The molecule has 0 aromatic rings. The maximum Gasteiger partial charge on any atom is 0.206 e. The molecule has 0 fully saturated rings. The maximum atomic E-state index is 5.42. The Hall–Kier alpha value is -1.03. The van der Waals surface area contributed by atoms with E-state index in [1.165, 1.54) is 5.01 Å². The summed E-state index contributed by atoms with van der Waals surface area (Å²) < 4.78 is 4.87. The van der Waals surface area contributed by atoms with Gasteiger partial charge in [-0.25, -0.2) is 5.84 Å². The molecule has 2 N–H and O–H groups in total. The minimum atomic E-state index is 0.472. The molecule has 0 atom stereocenters. The van der Waals surface area contributed by atoms with Crippen LogP contribution in [0.15, 0.2) is 17.0 Å². The highest BCUT2D eigenvalue weighted by atomic mass is 16.5. The fourth-order valence-electron chi connectivity index (χ4n) is 0.602. The van der Waals surface area contributed by atoms with Crippen LogP contribution in [-0.2, 0) is 4.74 Å². The summed E-state index contributed by atoms with van der Waals surface area (Å²) >= 11 is 0. The van der Waals surface area contributed by atoms with E-state index in [1.807, 2.05) is 0 Å². The van der Waals surface area contributed by atoms with Gasteiger partial charge < -0.3 is 4.74 Å². The number of hydrogen-bond donors (Lipinski definition) is 1. The van der Waals surface area contributed by atoms with Gasteiger partial charge in [-0.15, -0.1) is 0 Å². The van der Waals surface area contributed by atoms with Gasteiger partial charge in [0.15, 0.2) is 0 Å². The SMILES string of the molecule is COC1=CC=NCN1N. The predicted molar refractivity (Wildman–Crippen MR) is 34.5 cm³/mol. The van der Waals surface area contributed by atoms with E-state index in [0.29, 0.717) is 12.6 Å². The van der Waals surface area contributed by atoms with Crippen LogP contribution in [0.4, 0.5) is 0 Å². The zero-order valence-electron chi connectivity index (χ0n) is 5.24. The second-order valence-corrected chi connectivity index (χ2v) is 1.65. The molecule has 0 saturated carbocycles. The topological polar surface area (TPSA) is 50.8 Å². The summed E-state index contributed by atoms with van der Waals surface area (Å²) in [6, 6.07) is 0. The molecule has 50 valence electrons. The molecule has 0 saturated heterocycles. The van der Waals surface area contributed by atoms with Gasteiger partial charge in [-0.2, -0.15) is 0 Å². The van der Waals surface area contributed by atoms with E-state index in [0.717, 1.165) is 0 Å². The number of hydrogen-bond acceptors (Lipinski definition) is 4. The second kappa shape index (κ2) is 2.50. The third-order valence-corrected chi connectivity index (χ3v) is 1.05. The lowest BCUT2D eigenvalue weighted by atomic mass is 10.5. The lowest BCUT2D eigenvalue weighted by Crippen LogP contribution is -2.32. The zero-order valence-corrected chi connectivity index (χ0v) is 5.24. The van der Waals surface area contributed by atoms with Crippen LogP contribution in [0.2, 0.25) is 0 Å². The van der Waals surface area contributed by atoms with E-state index in [9.17, 15) is 0 Å². The highest BCUT2D eigenvalue weighted by molar-refractivity contribution is 5.72. The molecule has 4 nitrogen and oxygen atoms in total. The third-order valence-electron chi connectivity index (χ3n) is 1.05. The van der Waals surface area contributed by atoms with Crippen molar-refractivity contribution in [2.45, 2.75) is 0 Å². The second-order valence-electron chi connectivity index (χ2n) is 1.65. The van der Waals surface area contributed by atoms with Gasteiger partial charge in [0, 0.05) is 12.3 Å². The fraction of sp³-hybridized carbons (Fsp3) is 0.400. The number of hydrazine groups is 1. The number of allylic oxidation sites excluding steroid dienone is 1. The molecule has 0 bridgehead atoms. The summed E-state index contributed by atoms with van der Waals surface area (Å²) in [4.78, 5) is 3.88. The van der Waals surface area contributed by atoms with Gasteiger partial charge in [-0.1, -0.05) is 0 Å². The number of nitrogens with two attached hydrogens (primary N) is 1. The minimum absolute atomic E-state index is 0.472. The number of aliphatic imine (C=N–C) groups is 1. The lowest BCUT2D eigenvalue weighted by molar-refractivity contribution is 0.155. The van der Waals surface area contributed by atoms with Crippen molar-refractivity contribution in [3.63, 3.8) is 0 Å². The Labute approximate surface area is 53.6 Å². The third kappa shape index (κ3) is 1.20. The van der Waals surface area contributed by atoms with Crippen LogP contribution in [0.3, 0.4) is 0 Å². The van der Waals surface area contributed by atoms with Crippen molar-refractivity contribution in [2.24, 2.45) is 10.8 Å². The summed E-state index contributed by atoms with van der Waals surface area (Å²) in [7, 11) is 1.57. The molecule has 0 unspecified atom stereocenters. The molecule has 1 heterocycles. The van der Waals surface area contributed by atoms with Crippen molar-refractivity contribution < 1.29 is 4.74 Å². The van der Waals surface area contributed by atoms with Crippen molar-refractivity contribution in [1.82, 2.24) is 5.01 Å². The van der Waals surface area contributed by atoms with Gasteiger partial charge in [-0.05, 0) is 0 Å². The smallest absolute Gasteiger partial charge is 0.206 e. The highest BCUT2D eigenvalue weighted by Crippen LogP contribution is 2.00. The molecule has 0 radical (unpaired) electrons. The molecule has 1 aliphatic heterocycles. The Morgan fingerprint density at radius 2 is 2.67 bits per heavy atom. The van der Waals surface area contributed by atoms with Crippen LogP contribution in [-0.4, -0.2) is 25.0 Å². The van der Waals surface area contributed by atoms with E-state index in [2.05, 4.69) is 4.99 Å². The molecule has 0 aliphatic carbocycles. The van der Waals surface area contributed by atoms with E-state index in [4.69, 9.17) is 10.6 Å². The molecular formula is C5H9N3O. The first-order chi connectivity index (χ1) is 4.34. The molecule has 0 spiro atoms. The minimum Gasteiger partial charge on any atom is -0.481 e. The van der Waals surface area contributed by atoms with Crippen LogP contribution >= 0.6 is 0 Å². The van der Waals surface area contributed by atoms with Crippen LogP contribution in [0.5, 0.6) is 0 Å². The van der Waals surface area contributed by atoms with Crippen LogP contribution in [0.25, 0.3) is 0 Å². The largest absolute Gasteiger partial charge is 0.481 e. The van der Waals surface area contributed by atoms with Crippen LogP contribution in [0.1, 0.15) is 0 Å². The summed E-state index contributed by atoms with van der Waals surface area (Å²) in [5, 5.41) is 1.43. The summed E-state index contributed by atoms with van der Waals surface area (Å²) in [6.07, 6.45) is 3.38. The standard InChI is InChI=1S/C5H9N3O/c1-9-5-2-3-7-4-8(5)6/h2-3H,4,6H2,1H3. The van der Waals surface area contributed by atoms with Gasteiger partial charge in [0.05, 0.1) is 7.11 Å². The normalized spacial score (nSPS) is 17.6.